The van der Waals surface area contributed by atoms with E-state index in [0.29, 0.717) is 0 Å². The maximum absolute atomic E-state index is 11.7. The SMILES string of the molecule is CN(C)C(COC(=O)CC(C)(C)C#N)c1ccco1. The average molecular weight is 264 g/mol. The van der Waals surface area contributed by atoms with Crippen LogP contribution < -0.4 is 0 Å². The van der Waals surface area contributed by atoms with E-state index in [1.54, 1.807) is 26.2 Å². The third-order valence-electron chi connectivity index (χ3n) is 2.79. The van der Waals surface area contributed by atoms with Gasteiger partial charge in [-0.2, -0.15) is 5.26 Å². The van der Waals surface area contributed by atoms with E-state index < -0.39 is 5.41 Å². The van der Waals surface area contributed by atoms with Gasteiger partial charge >= 0.3 is 5.97 Å². The Hall–Kier alpha value is -1.80. The fourth-order valence-corrected chi connectivity index (χ4v) is 1.59. The summed E-state index contributed by atoms with van der Waals surface area (Å²) >= 11 is 0. The molecule has 0 N–H and O–H groups in total. The van der Waals surface area contributed by atoms with Crippen molar-refractivity contribution in [3.63, 3.8) is 0 Å². The Kier molecular flexibility index (Phi) is 5.13. The normalized spacial score (nSPS) is 13.1. The number of nitrogens with zero attached hydrogens (tertiary/aromatic N) is 2. The van der Waals surface area contributed by atoms with E-state index in [1.807, 2.05) is 25.1 Å². The number of esters is 1. The minimum Gasteiger partial charge on any atom is -0.468 e. The first kappa shape index (κ1) is 15.3. The first-order chi connectivity index (χ1) is 8.85. The van der Waals surface area contributed by atoms with Gasteiger partial charge in [0.05, 0.1) is 24.2 Å². The van der Waals surface area contributed by atoms with E-state index >= 15 is 0 Å². The van der Waals surface area contributed by atoms with Crippen molar-refractivity contribution in [2.45, 2.75) is 26.3 Å². The Morgan fingerprint density at radius 3 is 2.74 bits per heavy atom. The van der Waals surface area contributed by atoms with Crippen molar-refractivity contribution < 1.29 is 13.9 Å². The molecular weight excluding hydrogens is 244 g/mol. The summed E-state index contributed by atoms with van der Waals surface area (Å²) < 4.78 is 10.6. The van der Waals surface area contributed by atoms with Crippen LogP contribution in [0.4, 0.5) is 0 Å². The van der Waals surface area contributed by atoms with Crippen molar-refractivity contribution in [1.82, 2.24) is 4.90 Å². The molecule has 0 spiro atoms. The van der Waals surface area contributed by atoms with E-state index in [0.717, 1.165) is 5.76 Å². The molecule has 5 nitrogen and oxygen atoms in total. The molecule has 1 unspecified atom stereocenters. The van der Waals surface area contributed by atoms with Crippen molar-refractivity contribution >= 4 is 5.97 Å². The summed E-state index contributed by atoms with van der Waals surface area (Å²) in [5.74, 6) is 0.377. The van der Waals surface area contributed by atoms with Crippen LogP contribution in [0.3, 0.4) is 0 Å². The van der Waals surface area contributed by atoms with Crippen molar-refractivity contribution in [1.29, 1.82) is 5.26 Å². The van der Waals surface area contributed by atoms with E-state index in [9.17, 15) is 4.79 Å². The number of carbonyl (C=O) groups is 1. The number of carbonyl (C=O) groups excluding carboxylic acids is 1. The molecule has 0 saturated carbocycles. The molecule has 1 rings (SSSR count). The van der Waals surface area contributed by atoms with E-state index in [2.05, 4.69) is 6.07 Å². The maximum atomic E-state index is 11.7. The standard InChI is InChI=1S/C14H20N2O3/c1-14(2,10-15)8-13(17)19-9-11(16(3)4)12-6-5-7-18-12/h5-7,11H,8-9H2,1-4H3. The molecule has 1 atom stereocenters. The van der Waals surface area contributed by atoms with Crippen LogP contribution in [0.15, 0.2) is 22.8 Å². The summed E-state index contributed by atoms with van der Waals surface area (Å²) in [6.45, 7) is 3.63. The highest BCUT2D eigenvalue weighted by atomic mass is 16.5. The zero-order valence-corrected chi connectivity index (χ0v) is 11.8. The average Bonchev–Trinajstić information content (AvgIpc) is 2.82. The molecule has 0 amide bonds. The van der Waals surface area contributed by atoms with Crippen LogP contribution in [0.1, 0.15) is 32.1 Å². The third-order valence-corrected chi connectivity index (χ3v) is 2.79. The first-order valence-electron chi connectivity index (χ1n) is 6.12. The minimum absolute atomic E-state index is 0.0851. The largest absolute Gasteiger partial charge is 0.468 e. The van der Waals surface area contributed by atoms with Crippen LogP contribution >= 0.6 is 0 Å². The number of likely N-dealkylation sites (N-methyl/N-ethyl adjacent to an activating group) is 1. The maximum Gasteiger partial charge on any atom is 0.307 e. The zero-order chi connectivity index (χ0) is 14.5. The van der Waals surface area contributed by atoms with Crippen LogP contribution in [-0.4, -0.2) is 31.6 Å². The molecule has 0 aromatic carbocycles. The first-order valence-corrected chi connectivity index (χ1v) is 6.12. The highest BCUT2D eigenvalue weighted by Gasteiger charge is 2.24. The van der Waals surface area contributed by atoms with Crippen LogP contribution in [0.25, 0.3) is 0 Å². The highest BCUT2D eigenvalue weighted by molar-refractivity contribution is 5.70. The quantitative estimate of drug-likeness (QED) is 0.738. The van der Waals surface area contributed by atoms with Crippen molar-refractivity contribution in [2.75, 3.05) is 20.7 Å². The van der Waals surface area contributed by atoms with Gasteiger partial charge in [0.2, 0.25) is 0 Å². The van der Waals surface area contributed by atoms with E-state index in [-0.39, 0.29) is 25.0 Å². The minimum atomic E-state index is -0.699. The summed E-state index contributed by atoms with van der Waals surface area (Å²) in [7, 11) is 3.78. The van der Waals surface area contributed by atoms with Gasteiger partial charge in [0.15, 0.2) is 0 Å². The molecule has 0 aliphatic rings. The predicted octanol–water partition coefficient (Wildman–Crippen LogP) is 2.37. The monoisotopic (exact) mass is 264 g/mol. The second kappa shape index (κ2) is 6.39. The molecule has 0 aliphatic heterocycles. The number of hydrogen-bond donors (Lipinski definition) is 0. The summed E-state index contributed by atoms with van der Waals surface area (Å²) in [4.78, 5) is 13.6. The van der Waals surface area contributed by atoms with Crippen molar-refractivity contribution in [2.24, 2.45) is 5.41 Å². The second-order valence-electron chi connectivity index (χ2n) is 5.35. The molecule has 1 aromatic rings. The summed E-state index contributed by atoms with van der Waals surface area (Å²) in [6.07, 6.45) is 1.67. The lowest BCUT2D eigenvalue weighted by atomic mass is 9.92. The van der Waals surface area contributed by atoms with Crippen molar-refractivity contribution in [3.8, 4) is 6.07 Å². The van der Waals surface area contributed by atoms with Crippen LogP contribution in [0.5, 0.6) is 0 Å². The van der Waals surface area contributed by atoms with Gasteiger partial charge in [-0.25, -0.2) is 0 Å². The number of ether oxygens (including phenoxy) is 1. The Morgan fingerprint density at radius 1 is 1.58 bits per heavy atom. The molecule has 0 fully saturated rings. The van der Waals surface area contributed by atoms with Crippen LogP contribution in [0, 0.1) is 16.7 Å². The van der Waals surface area contributed by atoms with Crippen LogP contribution in [0.2, 0.25) is 0 Å². The smallest absolute Gasteiger partial charge is 0.307 e. The van der Waals surface area contributed by atoms with Gasteiger partial charge in [-0.3, -0.25) is 9.69 Å². The Morgan fingerprint density at radius 2 is 2.26 bits per heavy atom. The molecule has 0 radical (unpaired) electrons. The Balaban J connectivity index is 2.55. The molecule has 1 heterocycles. The van der Waals surface area contributed by atoms with Gasteiger partial charge < -0.3 is 9.15 Å². The lowest BCUT2D eigenvalue weighted by Gasteiger charge is -2.22. The van der Waals surface area contributed by atoms with E-state index in [1.165, 1.54) is 0 Å². The molecule has 104 valence electrons. The second-order valence-corrected chi connectivity index (χ2v) is 5.35. The number of nitriles is 1. The molecule has 5 heteroatoms. The number of rotatable bonds is 6. The van der Waals surface area contributed by atoms with Gasteiger partial charge in [-0.1, -0.05) is 0 Å². The predicted molar refractivity (Wildman–Crippen MR) is 70.1 cm³/mol. The molecule has 19 heavy (non-hydrogen) atoms. The molecule has 0 saturated heterocycles. The third kappa shape index (κ3) is 4.76. The van der Waals surface area contributed by atoms with Gasteiger partial charge in [0.25, 0.3) is 0 Å². The summed E-state index contributed by atoms with van der Waals surface area (Å²) in [5, 5.41) is 8.88. The van der Waals surface area contributed by atoms with E-state index in [4.69, 9.17) is 14.4 Å². The summed E-state index contributed by atoms with van der Waals surface area (Å²) in [5.41, 5.74) is -0.699. The van der Waals surface area contributed by atoms with Crippen molar-refractivity contribution in [3.05, 3.63) is 24.2 Å². The molecule has 0 bridgehead atoms. The lowest BCUT2D eigenvalue weighted by molar-refractivity contribution is -0.147. The topological polar surface area (TPSA) is 66.5 Å². The Bertz CT molecular complexity index is 444. The Labute approximate surface area is 113 Å². The van der Waals surface area contributed by atoms with Gasteiger partial charge in [0.1, 0.15) is 18.4 Å². The molecule has 1 aromatic heterocycles. The van der Waals surface area contributed by atoms with Gasteiger partial charge in [-0.15, -0.1) is 0 Å². The highest BCUT2D eigenvalue weighted by Crippen LogP contribution is 2.22. The fraction of sp³-hybridized carbons (Fsp3) is 0.571. The zero-order valence-electron chi connectivity index (χ0n) is 11.8. The molecular formula is C14H20N2O3. The van der Waals surface area contributed by atoms with Gasteiger partial charge in [0, 0.05) is 0 Å². The number of hydrogen-bond acceptors (Lipinski definition) is 5. The lowest BCUT2D eigenvalue weighted by Crippen LogP contribution is -2.26. The number of furan rings is 1. The fourth-order valence-electron chi connectivity index (χ4n) is 1.59. The van der Waals surface area contributed by atoms with Crippen LogP contribution in [-0.2, 0) is 9.53 Å². The summed E-state index contributed by atoms with van der Waals surface area (Å²) in [6, 6.07) is 5.60. The molecule has 0 aliphatic carbocycles. The van der Waals surface area contributed by atoms with Gasteiger partial charge in [-0.05, 0) is 40.1 Å².